The molecule has 0 radical (unpaired) electrons. The van der Waals surface area contributed by atoms with Gasteiger partial charge in [-0.3, -0.25) is 9.59 Å². The molecule has 1 fully saturated rings. The van der Waals surface area contributed by atoms with Gasteiger partial charge in [-0.1, -0.05) is 6.42 Å². The Morgan fingerprint density at radius 1 is 1.45 bits per heavy atom. The van der Waals surface area contributed by atoms with Crippen molar-refractivity contribution in [2.45, 2.75) is 50.6 Å². The first kappa shape index (κ1) is 16.7. The van der Waals surface area contributed by atoms with Crippen LogP contribution in [-0.4, -0.2) is 48.3 Å². The molecule has 7 nitrogen and oxygen atoms in total. The Morgan fingerprint density at radius 3 is 2.95 bits per heavy atom. The van der Waals surface area contributed by atoms with Crippen LogP contribution in [0.1, 0.15) is 38.5 Å². The summed E-state index contributed by atoms with van der Waals surface area (Å²) >= 11 is 0. The number of hydrogen-bond donors (Lipinski definition) is 4. The summed E-state index contributed by atoms with van der Waals surface area (Å²) in [6, 6.07) is -0.910. The molecule has 0 saturated carbocycles. The van der Waals surface area contributed by atoms with Gasteiger partial charge in [0.15, 0.2) is 5.78 Å². The number of carbonyl (C=O) groups excluding carboxylic acids is 2. The lowest BCUT2D eigenvalue weighted by molar-refractivity contribution is -0.137. The van der Waals surface area contributed by atoms with Gasteiger partial charge in [0.05, 0.1) is 12.1 Å². The van der Waals surface area contributed by atoms with E-state index in [-0.39, 0.29) is 24.7 Å². The van der Waals surface area contributed by atoms with E-state index in [2.05, 4.69) is 16.2 Å². The summed E-state index contributed by atoms with van der Waals surface area (Å²) in [6.07, 6.45) is 3.91. The summed E-state index contributed by atoms with van der Waals surface area (Å²) in [6.45, 7) is 1.59. The Kier molecular flexibility index (Phi) is 8.01. The molecule has 0 aromatic carbocycles. The van der Waals surface area contributed by atoms with Crippen LogP contribution in [0.5, 0.6) is 0 Å². The van der Waals surface area contributed by atoms with Crippen LogP contribution in [-0.2, 0) is 14.4 Å². The number of carboxylic acid groups (broad SMARTS) is 1. The van der Waals surface area contributed by atoms with E-state index in [0.29, 0.717) is 19.3 Å². The van der Waals surface area contributed by atoms with E-state index < -0.39 is 12.0 Å². The van der Waals surface area contributed by atoms with Crippen molar-refractivity contribution in [3.63, 3.8) is 0 Å². The summed E-state index contributed by atoms with van der Waals surface area (Å²) in [5.41, 5.74) is 5.66. The fourth-order valence-corrected chi connectivity index (χ4v) is 2.08. The van der Waals surface area contributed by atoms with Gasteiger partial charge in [-0.2, -0.15) is 0 Å². The Bertz CT molecular complexity index is 336. The van der Waals surface area contributed by atoms with Crippen LogP contribution in [0, 0.1) is 0 Å². The van der Waals surface area contributed by atoms with Crippen LogP contribution >= 0.6 is 0 Å². The van der Waals surface area contributed by atoms with Crippen molar-refractivity contribution < 1.29 is 19.5 Å². The van der Waals surface area contributed by atoms with Crippen molar-refractivity contribution in [3.05, 3.63) is 0 Å². The molecule has 1 heterocycles. The van der Waals surface area contributed by atoms with Crippen molar-refractivity contribution in [1.82, 2.24) is 16.2 Å². The fraction of sp³-hybridized carbons (Fsp3) is 0.769. The van der Waals surface area contributed by atoms with Gasteiger partial charge >= 0.3 is 5.97 Å². The highest BCUT2D eigenvalue weighted by atomic mass is 16.4. The minimum Gasteiger partial charge on any atom is -0.481 e. The Morgan fingerprint density at radius 2 is 2.25 bits per heavy atom. The molecule has 7 heteroatoms. The minimum absolute atomic E-state index is 0.0827. The molecule has 4 N–H and O–H groups in total. The second kappa shape index (κ2) is 9.57. The molecular formula is C13H23N3O4. The average Bonchev–Trinajstić information content (AvgIpc) is 2.52. The zero-order chi connectivity index (χ0) is 14.8. The standard InChI is InChI=1S/C13H23N3O4/c17-9-10(4-5-13(19)20)15-16-11-3-1-2-7-14-8-6-12(11)18/h9-11,14-16H,1-8H2,(H,19,20)/t10-,11?/m0/s1. The van der Waals surface area contributed by atoms with E-state index in [9.17, 15) is 14.4 Å². The lowest BCUT2D eigenvalue weighted by atomic mass is 10.0. The SMILES string of the molecule is O=C[C@H](CCC(=O)O)NNC1CCCCNCCC1=O. The first-order valence-corrected chi connectivity index (χ1v) is 7.05. The number of rotatable bonds is 7. The van der Waals surface area contributed by atoms with Crippen LogP contribution in [0.3, 0.4) is 0 Å². The van der Waals surface area contributed by atoms with Crippen LogP contribution in [0.2, 0.25) is 0 Å². The Labute approximate surface area is 118 Å². The van der Waals surface area contributed by atoms with Crippen molar-refractivity contribution in [3.8, 4) is 0 Å². The molecule has 1 saturated heterocycles. The summed E-state index contributed by atoms with van der Waals surface area (Å²) in [4.78, 5) is 33.3. The van der Waals surface area contributed by atoms with Crippen molar-refractivity contribution in [2.24, 2.45) is 0 Å². The zero-order valence-electron chi connectivity index (χ0n) is 11.6. The highest BCUT2D eigenvalue weighted by molar-refractivity contribution is 5.84. The van der Waals surface area contributed by atoms with Crippen LogP contribution < -0.4 is 16.2 Å². The smallest absolute Gasteiger partial charge is 0.303 e. The molecule has 0 spiro atoms. The highest BCUT2D eigenvalue weighted by Gasteiger charge is 2.20. The first-order chi connectivity index (χ1) is 9.63. The number of aliphatic carboxylic acids is 1. The summed E-state index contributed by atoms with van der Waals surface area (Å²) < 4.78 is 0. The maximum atomic E-state index is 12.0. The maximum Gasteiger partial charge on any atom is 0.303 e. The topological polar surface area (TPSA) is 108 Å². The molecule has 114 valence electrons. The van der Waals surface area contributed by atoms with Crippen LogP contribution in [0.25, 0.3) is 0 Å². The number of hydrazine groups is 1. The molecule has 0 aliphatic carbocycles. The monoisotopic (exact) mass is 285 g/mol. The van der Waals surface area contributed by atoms with Crippen molar-refractivity contribution >= 4 is 18.0 Å². The second-order valence-corrected chi connectivity index (χ2v) is 4.98. The number of ketones is 1. The molecule has 1 rings (SSSR count). The van der Waals surface area contributed by atoms with Crippen molar-refractivity contribution in [2.75, 3.05) is 13.1 Å². The Balaban J connectivity index is 2.40. The number of nitrogens with one attached hydrogen (secondary N) is 3. The van der Waals surface area contributed by atoms with Gasteiger partial charge in [-0.25, -0.2) is 10.9 Å². The lowest BCUT2D eigenvalue weighted by Gasteiger charge is -2.20. The van der Waals surface area contributed by atoms with E-state index in [0.717, 1.165) is 25.8 Å². The highest BCUT2D eigenvalue weighted by Crippen LogP contribution is 2.06. The molecular weight excluding hydrogens is 262 g/mol. The van der Waals surface area contributed by atoms with Gasteiger partial charge in [-0.15, -0.1) is 0 Å². The number of hydrogen-bond acceptors (Lipinski definition) is 6. The minimum atomic E-state index is -0.941. The normalized spacial score (nSPS) is 22.4. The largest absolute Gasteiger partial charge is 0.481 e. The molecule has 0 aromatic heterocycles. The van der Waals surface area contributed by atoms with E-state index in [4.69, 9.17) is 5.11 Å². The average molecular weight is 285 g/mol. The van der Waals surface area contributed by atoms with Crippen molar-refractivity contribution in [1.29, 1.82) is 0 Å². The number of aldehydes is 1. The quantitative estimate of drug-likeness (QED) is 0.373. The summed E-state index contributed by atoms with van der Waals surface area (Å²) in [7, 11) is 0. The van der Waals surface area contributed by atoms with Gasteiger partial charge in [0.1, 0.15) is 6.29 Å². The van der Waals surface area contributed by atoms with Gasteiger partial charge in [0, 0.05) is 19.4 Å². The third-order valence-electron chi connectivity index (χ3n) is 3.31. The third-order valence-corrected chi connectivity index (χ3v) is 3.31. The van der Waals surface area contributed by atoms with Gasteiger partial charge in [-0.05, 0) is 25.8 Å². The fourth-order valence-electron chi connectivity index (χ4n) is 2.08. The predicted molar refractivity (Wildman–Crippen MR) is 73.1 cm³/mol. The van der Waals surface area contributed by atoms with Crippen LogP contribution in [0.4, 0.5) is 0 Å². The van der Waals surface area contributed by atoms with Crippen LogP contribution in [0.15, 0.2) is 0 Å². The van der Waals surface area contributed by atoms with Gasteiger partial charge in [0.25, 0.3) is 0 Å². The number of carboxylic acids is 1. The molecule has 1 unspecified atom stereocenters. The second-order valence-electron chi connectivity index (χ2n) is 4.98. The van der Waals surface area contributed by atoms with E-state index in [1.54, 1.807) is 0 Å². The van der Waals surface area contributed by atoms with E-state index in [1.165, 1.54) is 0 Å². The van der Waals surface area contributed by atoms with E-state index in [1.807, 2.05) is 0 Å². The zero-order valence-corrected chi connectivity index (χ0v) is 11.6. The molecule has 20 heavy (non-hydrogen) atoms. The first-order valence-electron chi connectivity index (χ1n) is 7.05. The lowest BCUT2D eigenvalue weighted by Crippen LogP contribution is -2.50. The molecule has 0 aromatic rings. The van der Waals surface area contributed by atoms with Gasteiger partial charge < -0.3 is 15.2 Å². The number of Topliss-reactive ketones (excluding diaryl/α,β-unsaturated/α-hetero) is 1. The third kappa shape index (κ3) is 6.74. The molecule has 0 amide bonds. The predicted octanol–water partition coefficient (Wildman–Crippen LogP) is -0.386. The van der Waals surface area contributed by atoms with Gasteiger partial charge in [0.2, 0.25) is 0 Å². The molecule has 1 aliphatic rings. The molecule has 2 atom stereocenters. The maximum absolute atomic E-state index is 12.0. The Hall–Kier alpha value is -1.31. The molecule has 1 aliphatic heterocycles. The molecule has 0 bridgehead atoms. The van der Waals surface area contributed by atoms with E-state index >= 15 is 0 Å². The summed E-state index contributed by atoms with van der Waals surface area (Å²) in [5, 5.41) is 11.8. The number of carbonyl (C=O) groups is 3. The summed E-state index contributed by atoms with van der Waals surface area (Å²) in [5.74, 6) is -0.835.